The SMILES string of the molecule is C=C1C=C(C(F)F)n2ncc(C(O)NCc3ccccc3)c2N1. The molecule has 0 aliphatic carbocycles. The third kappa shape index (κ3) is 3.15. The predicted octanol–water partition coefficient (Wildman–Crippen LogP) is 2.71. The molecule has 1 atom stereocenters. The average molecular weight is 318 g/mol. The molecule has 23 heavy (non-hydrogen) atoms. The summed E-state index contributed by atoms with van der Waals surface area (Å²) >= 11 is 0. The van der Waals surface area contributed by atoms with Crippen LogP contribution < -0.4 is 10.6 Å². The predicted molar refractivity (Wildman–Crippen MR) is 83.5 cm³/mol. The Kier molecular flexibility index (Phi) is 4.22. The fraction of sp³-hybridized carbons (Fsp3) is 0.188. The second-order valence-electron chi connectivity index (χ2n) is 5.15. The van der Waals surface area contributed by atoms with Gasteiger partial charge in [0.1, 0.15) is 17.7 Å². The molecule has 0 saturated carbocycles. The van der Waals surface area contributed by atoms with E-state index in [4.69, 9.17) is 0 Å². The Labute approximate surface area is 131 Å². The van der Waals surface area contributed by atoms with Crippen LogP contribution in [0.5, 0.6) is 0 Å². The second kappa shape index (κ2) is 6.31. The quantitative estimate of drug-likeness (QED) is 0.742. The van der Waals surface area contributed by atoms with Crippen molar-refractivity contribution < 1.29 is 13.9 Å². The number of hydrogen-bond acceptors (Lipinski definition) is 4. The topological polar surface area (TPSA) is 62.1 Å². The minimum atomic E-state index is -2.69. The third-order valence-electron chi connectivity index (χ3n) is 3.50. The molecule has 0 fully saturated rings. The lowest BCUT2D eigenvalue weighted by Crippen LogP contribution is -2.23. The van der Waals surface area contributed by atoms with E-state index in [2.05, 4.69) is 22.3 Å². The van der Waals surface area contributed by atoms with Crippen LogP contribution in [0, 0.1) is 0 Å². The molecule has 1 aliphatic heterocycles. The summed E-state index contributed by atoms with van der Waals surface area (Å²) < 4.78 is 27.2. The van der Waals surface area contributed by atoms with Gasteiger partial charge < -0.3 is 10.4 Å². The number of hydrogen-bond donors (Lipinski definition) is 3. The highest BCUT2D eigenvalue weighted by molar-refractivity contribution is 5.68. The number of aromatic nitrogens is 2. The fourth-order valence-corrected chi connectivity index (χ4v) is 2.39. The summed E-state index contributed by atoms with van der Waals surface area (Å²) in [4.78, 5) is 0. The molecule has 0 spiro atoms. The highest BCUT2D eigenvalue weighted by atomic mass is 19.3. The number of aliphatic hydroxyl groups excluding tert-OH is 1. The molecule has 1 aromatic heterocycles. The average Bonchev–Trinajstić information content (AvgIpc) is 2.96. The highest BCUT2D eigenvalue weighted by Gasteiger charge is 2.26. The molecule has 120 valence electrons. The molecular formula is C16H16F2N4O. The molecule has 7 heteroatoms. The van der Waals surface area contributed by atoms with E-state index in [1.54, 1.807) is 0 Å². The number of nitrogens with one attached hydrogen (secondary N) is 2. The largest absolute Gasteiger partial charge is 0.374 e. The first-order chi connectivity index (χ1) is 11.1. The van der Waals surface area contributed by atoms with Crippen molar-refractivity contribution in [2.75, 3.05) is 5.32 Å². The summed E-state index contributed by atoms with van der Waals surface area (Å²) in [5.74, 6) is 0.292. The van der Waals surface area contributed by atoms with Gasteiger partial charge in [0.25, 0.3) is 6.43 Å². The van der Waals surface area contributed by atoms with Crippen molar-refractivity contribution in [2.24, 2.45) is 0 Å². The smallest absolute Gasteiger partial charge is 0.280 e. The first-order valence-electron chi connectivity index (χ1n) is 7.05. The maximum Gasteiger partial charge on any atom is 0.280 e. The van der Waals surface area contributed by atoms with Crippen LogP contribution in [0.1, 0.15) is 17.4 Å². The van der Waals surface area contributed by atoms with E-state index in [9.17, 15) is 13.9 Å². The number of aliphatic hydroxyl groups is 1. The Hall–Kier alpha value is -2.51. The van der Waals surface area contributed by atoms with Crippen molar-refractivity contribution in [1.82, 2.24) is 15.1 Å². The number of anilines is 1. The zero-order valence-electron chi connectivity index (χ0n) is 12.2. The molecule has 0 amide bonds. The third-order valence-corrected chi connectivity index (χ3v) is 3.50. The monoisotopic (exact) mass is 318 g/mol. The lowest BCUT2D eigenvalue weighted by Gasteiger charge is -2.21. The number of fused-ring (bicyclic) bond motifs is 1. The molecule has 5 nitrogen and oxygen atoms in total. The standard InChI is InChI=1S/C16H16F2N4O/c1-10-7-13(14(17)18)22-15(21-10)12(9-20-22)16(23)19-8-11-5-3-2-4-6-11/h2-7,9,14,16,19,21,23H,1,8H2. The summed E-state index contributed by atoms with van der Waals surface area (Å²) in [5.41, 5.74) is 1.43. The van der Waals surface area contributed by atoms with Gasteiger partial charge in [-0.1, -0.05) is 36.9 Å². The van der Waals surface area contributed by atoms with Gasteiger partial charge in [-0.05, 0) is 11.6 Å². The number of rotatable bonds is 5. The first kappa shape index (κ1) is 15.4. The van der Waals surface area contributed by atoms with E-state index >= 15 is 0 Å². The molecule has 0 bridgehead atoms. The number of halogens is 2. The van der Waals surface area contributed by atoms with Crippen molar-refractivity contribution in [3.05, 3.63) is 66.0 Å². The summed E-state index contributed by atoms with van der Waals surface area (Å²) in [6.45, 7) is 4.09. The molecule has 3 rings (SSSR count). The van der Waals surface area contributed by atoms with Gasteiger partial charge in [0.2, 0.25) is 0 Å². The molecular weight excluding hydrogens is 302 g/mol. The minimum Gasteiger partial charge on any atom is -0.374 e. The zero-order chi connectivity index (χ0) is 16.4. The van der Waals surface area contributed by atoms with Gasteiger partial charge in [-0.2, -0.15) is 5.10 Å². The number of benzene rings is 1. The Morgan fingerprint density at radius 1 is 1.30 bits per heavy atom. The Morgan fingerprint density at radius 2 is 2.04 bits per heavy atom. The zero-order valence-corrected chi connectivity index (χ0v) is 12.2. The van der Waals surface area contributed by atoms with E-state index < -0.39 is 12.7 Å². The summed E-state index contributed by atoms with van der Waals surface area (Å²) in [6.07, 6.45) is -1.14. The van der Waals surface area contributed by atoms with Gasteiger partial charge in [0.05, 0.1) is 11.8 Å². The van der Waals surface area contributed by atoms with E-state index in [1.165, 1.54) is 12.3 Å². The van der Waals surface area contributed by atoms with Crippen molar-refractivity contribution in [3.63, 3.8) is 0 Å². The van der Waals surface area contributed by atoms with Crippen LogP contribution in [0.25, 0.3) is 5.70 Å². The van der Waals surface area contributed by atoms with E-state index in [1.807, 2.05) is 30.3 Å². The lowest BCUT2D eigenvalue weighted by molar-refractivity contribution is 0.138. The number of nitrogens with zero attached hydrogens (tertiary/aromatic N) is 2. The van der Waals surface area contributed by atoms with Crippen LogP contribution in [0.3, 0.4) is 0 Å². The Balaban J connectivity index is 1.79. The maximum absolute atomic E-state index is 13.1. The van der Waals surface area contributed by atoms with Gasteiger partial charge in [-0.15, -0.1) is 0 Å². The molecule has 0 saturated heterocycles. The van der Waals surface area contributed by atoms with Crippen LogP contribution in [-0.4, -0.2) is 21.3 Å². The normalized spacial score (nSPS) is 15.1. The van der Waals surface area contributed by atoms with E-state index in [0.717, 1.165) is 10.2 Å². The second-order valence-corrected chi connectivity index (χ2v) is 5.15. The van der Waals surface area contributed by atoms with Gasteiger partial charge in [-0.25, -0.2) is 13.5 Å². The molecule has 1 aromatic carbocycles. The van der Waals surface area contributed by atoms with Crippen LogP contribution in [-0.2, 0) is 6.54 Å². The van der Waals surface area contributed by atoms with E-state index in [0.29, 0.717) is 23.6 Å². The fourth-order valence-electron chi connectivity index (χ4n) is 2.39. The van der Waals surface area contributed by atoms with E-state index in [-0.39, 0.29) is 5.70 Å². The van der Waals surface area contributed by atoms with Crippen molar-refractivity contribution >= 4 is 11.5 Å². The lowest BCUT2D eigenvalue weighted by atomic mass is 10.2. The van der Waals surface area contributed by atoms with Gasteiger partial charge in [0.15, 0.2) is 0 Å². The Morgan fingerprint density at radius 3 is 2.74 bits per heavy atom. The van der Waals surface area contributed by atoms with Crippen LogP contribution in [0.2, 0.25) is 0 Å². The summed E-state index contributed by atoms with van der Waals surface area (Å²) in [7, 11) is 0. The number of allylic oxidation sites excluding steroid dienone is 2. The van der Waals surface area contributed by atoms with Crippen molar-refractivity contribution in [3.8, 4) is 0 Å². The molecule has 1 unspecified atom stereocenters. The molecule has 2 aromatic rings. The first-order valence-corrected chi connectivity index (χ1v) is 7.05. The van der Waals surface area contributed by atoms with Crippen molar-refractivity contribution in [2.45, 2.75) is 19.2 Å². The molecule has 2 heterocycles. The maximum atomic E-state index is 13.1. The van der Waals surface area contributed by atoms with Crippen LogP contribution >= 0.6 is 0 Å². The van der Waals surface area contributed by atoms with Gasteiger partial charge in [0, 0.05) is 12.2 Å². The summed E-state index contributed by atoms with van der Waals surface area (Å²) in [6, 6.07) is 9.55. The molecule has 0 radical (unpaired) electrons. The Bertz CT molecular complexity index is 740. The van der Waals surface area contributed by atoms with Gasteiger partial charge in [-0.3, -0.25) is 5.32 Å². The minimum absolute atomic E-state index is 0.273. The molecule has 3 N–H and O–H groups in total. The van der Waals surface area contributed by atoms with Crippen LogP contribution in [0.15, 0.2) is 54.9 Å². The molecule has 1 aliphatic rings. The van der Waals surface area contributed by atoms with Crippen LogP contribution in [0.4, 0.5) is 14.6 Å². The van der Waals surface area contributed by atoms with Crippen molar-refractivity contribution in [1.29, 1.82) is 0 Å². The number of alkyl halides is 2. The summed E-state index contributed by atoms with van der Waals surface area (Å²) in [5, 5.41) is 20.0. The van der Waals surface area contributed by atoms with Gasteiger partial charge >= 0.3 is 0 Å². The highest BCUT2D eigenvalue weighted by Crippen LogP contribution is 2.31.